The monoisotopic (exact) mass is 299 g/mol. The van der Waals surface area contributed by atoms with Crippen molar-refractivity contribution in [2.75, 3.05) is 5.32 Å². The van der Waals surface area contributed by atoms with Crippen molar-refractivity contribution >= 4 is 28.6 Å². The summed E-state index contributed by atoms with van der Waals surface area (Å²) in [4.78, 5) is 8.57. The third-order valence-corrected chi connectivity index (χ3v) is 3.24. The molecular formula is C15H14ClN5. The van der Waals surface area contributed by atoms with E-state index in [0.29, 0.717) is 18.0 Å². The third kappa shape index (κ3) is 2.73. The number of aromatic nitrogens is 4. The summed E-state index contributed by atoms with van der Waals surface area (Å²) in [6.07, 6.45) is 1.72. The van der Waals surface area contributed by atoms with Crippen LogP contribution in [0.5, 0.6) is 0 Å². The van der Waals surface area contributed by atoms with E-state index >= 15 is 0 Å². The highest BCUT2D eigenvalue weighted by atomic mass is 35.5. The summed E-state index contributed by atoms with van der Waals surface area (Å²) in [6, 6.07) is 10.1. The topological polar surface area (TPSA) is 55.1 Å². The molecule has 0 bridgehead atoms. The fraction of sp³-hybridized carbons (Fsp3) is 0.133. The number of hydrogen-bond acceptors (Lipinski definition) is 4. The van der Waals surface area contributed by atoms with E-state index in [1.807, 2.05) is 37.3 Å². The zero-order valence-electron chi connectivity index (χ0n) is 11.5. The predicted octanol–water partition coefficient (Wildman–Crippen LogP) is 3.42. The Morgan fingerprint density at radius 3 is 2.81 bits per heavy atom. The first-order chi connectivity index (χ1) is 10.1. The largest absolute Gasteiger partial charge is 0.363 e. The maximum Gasteiger partial charge on any atom is 0.243 e. The molecule has 5 nitrogen and oxygen atoms in total. The Labute approximate surface area is 127 Å². The van der Waals surface area contributed by atoms with Gasteiger partial charge >= 0.3 is 0 Å². The Hall–Kier alpha value is -2.40. The van der Waals surface area contributed by atoms with Gasteiger partial charge in [0.2, 0.25) is 5.28 Å². The van der Waals surface area contributed by atoms with Gasteiger partial charge in [-0.3, -0.25) is 0 Å². The molecule has 0 saturated heterocycles. The van der Waals surface area contributed by atoms with Gasteiger partial charge in [0, 0.05) is 6.54 Å². The molecule has 6 heteroatoms. The standard InChI is InChI=1S/C15H14ClN5/c1-10(2)12-9-18-14-13(19-15(16)20-21(12)14)17-8-11-6-4-3-5-7-11/h3-7,9H,1,8H2,2H3,(H,17,19,20). The van der Waals surface area contributed by atoms with Gasteiger partial charge < -0.3 is 5.32 Å². The van der Waals surface area contributed by atoms with Crippen molar-refractivity contribution in [2.45, 2.75) is 13.5 Å². The van der Waals surface area contributed by atoms with Crippen LogP contribution in [0.15, 0.2) is 43.1 Å². The van der Waals surface area contributed by atoms with Crippen molar-refractivity contribution in [3.05, 3.63) is 59.6 Å². The fourth-order valence-electron chi connectivity index (χ4n) is 2.05. The van der Waals surface area contributed by atoms with Crippen LogP contribution in [-0.4, -0.2) is 19.6 Å². The molecule has 106 valence electrons. The van der Waals surface area contributed by atoms with E-state index in [1.165, 1.54) is 0 Å². The van der Waals surface area contributed by atoms with Gasteiger partial charge in [0.1, 0.15) is 0 Å². The molecule has 0 radical (unpaired) electrons. The van der Waals surface area contributed by atoms with Crippen molar-refractivity contribution in [3.8, 4) is 0 Å². The first-order valence-corrected chi connectivity index (χ1v) is 6.88. The van der Waals surface area contributed by atoms with E-state index in [4.69, 9.17) is 11.6 Å². The first kappa shape index (κ1) is 13.6. The molecule has 0 saturated carbocycles. The highest BCUT2D eigenvalue weighted by Gasteiger charge is 2.12. The van der Waals surface area contributed by atoms with Gasteiger partial charge in [-0.25, -0.2) is 9.50 Å². The molecule has 0 spiro atoms. The molecule has 1 aromatic carbocycles. The van der Waals surface area contributed by atoms with Crippen molar-refractivity contribution < 1.29 is 0 Å². The van der Waals surface area contributed by atoms with Crippen LogP contribution in [0.1, 0.15) is 18.2 Å². The van der Waals surface area contributed by atoms with Crippen LogP contribution in [0, 0.1) is 0 Å². The zero-order valence-corrected chi connectivity index (χ0v) is 12.3. The lowest BCUT2D eigenvalue weighted by atomic mass is 10.2. The van der Waals surface area contributed by atoms with Crippen molar-refractivity contribution in [3.63, 3.8) is 0 Å². The molecule has 0 fully saturated rings. The second kappa shape index (κ2) is 5.54. The number of benzene rings is 1. The minimum Gasteiger partial charge on any atom is -0.363 e. The summed E-state index contributed by atoms with van der Waals surface area (Å²) in [5.41, 5.74) is 3.47. The molecule has 0 amide bonds. The van der Waals surface area contributed by atoms with E-state index in [2.05, 4.69) is 27.0 Å². The summed E-state index contributed by atoms with van der Waals surface area (Å²) in [5, 5.41) is 7.59. The fourth-order valence-corrected chi connectivity index (χ4v) is 2.21. The van der Waals surface area contributed by atoms with Crippen molar-refractivity contribution in [1.29, 1.82) is 0 Å². The van der Waals surface area contributed by atoms with Crippen LogP contribution in [-0.2, 0) is 6.54 Å². The molecule has 0 unspecified atom stereocenters. The molecule has 0 aliphatic rings. The van der Waals surface area contributed by atoms with Crippen LogP contribution >= 0.6 is 11.6 Å². The van der Waals surface area contributed by atoms with Crippen LogP contribution in [0.4, 0.5) is 5.82 Å². The molecule has 3 aromatic rings. The predicted molar refractivity (Wildman–Crippen MR) is 84.3 cm³/mol. The lowest BCUT2D eigenvalue weighted by Gasteiger charge is -2.08. The van der Waals surface area contributed by atoms with Gasteiger partial charge in [-0.05, 0) is 29.7 Å². The molecule has 1 N–H and O–H groups in total. The summed E-state index contributed by atoms with van der Waals surface area (Å²) >= 11 is 6.00. The molecule has 3 rings (SSSR count). The number of allylic oxidation sites excluding steroid dienone is 1. The molecular weight excluding hydrogens is 286 g/mol. The number of hydrogen-bond donors (Lipinski definition) is 1. The summed E-state index contributed by atoms with van der Waals surface area (Å²) in [5.74, 6) is 0.603. The van der Waals surface area contributed by atoms with E-state index in [1.54, 1.807) is 10.7 Å². The van der Waals surface area contributed by atoms with Crippen LogP contribution in [0.25, 0.3) is 11.2 Å². The number of imidazole rings is 1. The molecule has 2 heterocycles. The Kier molecular flexibility index (Phi) is 3.58. The van der Waals surface area contributed by atoms with Gasteiger partial charge in [0.25, 0.3) is 0 Å². The van der Waals surface area contributed by atoms with Gasteiger partial charge in [0.05, 0.1) is 11.9 Å². The maximum atomic E-state index is 6.00. The summed E-state index contributed by atoms with van der Waals surface area (Å²) < 4.78 is 1.66. The number of halogens is 1. The van der Waals surface area contributed by atoms with Crippen molar-refractivity contribution in [2.24, 2.45) is 0 Å². The van der Waals surface area contributed by atoms with Crippen molar-refractivity contribution in [1.82, 2.24) is 19.6 Å². The molecule has 0 aliphatic carbocycles. The smallest absolute Gasteiger partial charge is 0.243 e. The SMILES string of the molecule is C=C(C)c1cnc2c(NCc3ccccc3)nc(Cl)nn12. The van der Waals surface area contributed by atoms with E-state index in [-0.39, 0.29) is 5.28 Å². The van der Waals surface area contributed by atoms with E-state index in [0.717, 1.165) is 16.8 Å². The van der Waals surface area contributed by atoms with E-state index < -0.39 is 0 Å². The van der Waals surface area contributed by atoms with Gasteiger partial charge in [-0.2, -0.15) is 4.98 Å². The van der Waals surface area contributed by atoms with Crippen LogP contribution in [0.3, 0.4) is 0 Å². The average Bonchev–Trinajstić information content (AvgIpc) is 2.89. The number of nitrogens with one attached hydrogen (secondary N) is 1. The Balaban J connectivity index is 1.97. The molecule has 0 aliphatic heterocycles. The number of rotatable bonds is 4. The Morgan fingerprint density at radius 1 is 1.33 bits per heavy atom. The Morgan fingerprint density at radius 2 is 2.10 bits per heavy atom. The Bertz CT molecular complexity index is 794. The minimum absolute atomic E-state index is 0.165. The average molecular weight is 300 g/mol. The molecule has 2 aromatic heterocycles. The highest BCUT2D eigenvalue weighted by Crippen LogP contribution is 2.20. The second-order valence-corrected chi connectivity index (χ2v) is 5.07. The zero-order chi connectivity index (χ0) is 14.8. The lowest BCUT2D eigenvalue weighted by Crippen LogP contribution is -2.07. The third-order valence-electron chi connectivity index (χ3n) is 3.08. The lowest BCUT2D eigenvalue weighted by molar-refractivity contribution is 0.883. The summed E-state index contributed by atoms with van der Waals surface area (Å²) in [7, 11) is 0. The molecule has 21 heavy (non-hydrogen) atoms. The van der Waals surface area contributed by atoms with Gasteiger partial charge in [-0.15, -0.1) is 5.10 Å². The number of anilines is 1. The van der Waals surface area contributed by atoms with Crippen LogP contribution < -0.4 is 5.32 Å². The normalized spacial score (nSPS) is 10.8. The number of nitrogens with zero attached hydrogens (tertiary/aromatic N) is 4. The quantitative estimate of drug-likeness (QED) is 0.802. The number of fused-ring (bicyclic) bond motifs is 1. The van der Waals surface area contributed by atoms with Crippen LogP contribution in [0.2, 0.25) is 5.28 Å². The second-order valence-electron chi connectivity index (χ2n) is 4.73. The van der Waals surface area contributed by atoms with E-state index in [9.17, 15) is 0 Å². The summed E-state index contributed by atoms with van der Waals surface area (Å²) in [6.45, 7) is 6.45. The maximum absolute atomic E-state index is 6.00. The first-order valence-electron chi connectivity index (χ1n) is 6.50. The van der Waals surface area contributed by atoms with Gasteiger partial charge in [-0.1, -0.05) is 36.9 Å². The molecule has 0 atom stereocenters. The highest BCUT2D eigenvalue weighted by molar-refractivity contribution is 6.28. The minimum atomic E-state index is 0.165. The van der Waals surface area contributed by atoms with Gasteiger partial charge in [0.15, 0.2) is 11.5 Å².